The van der Waals surface area contributed by atoms with Gasteiger partial charge in [0.2, 0.25) is 5.91 Å². The van der Waals surface area contributed by atoms with Crippen LogP contribution >= 0.6 is 46.5 Å². The molecule has 1 saturated heterocycles. The smallest absolute Gasteiger partial charge is 0.352 e. The van der Waals surface area contributed by atoms with Crippen LogP contribution in [0, 0.1) is 0 Å². The van der Waals surface area contributed by atoms with Crippen molar-refractivity contribution in [3.8, 4) is 5.75 Å². The number of aliphatic carboxylic acids is 2. The molecule has 1 aromatic heterocycles. The standard InChI is InChI=1S/C20H17ClN4O8S3/c1-33-20(23-14(27)12(15(28)29)8-2-3-11(26)10(21)4-8)17(32)25-13(16(30)31)9(5-34-18(20)25)6-35-19-24-22-7-36-19/h2-4,7,12,18,26H,5-6H2,1H3,(H,23,27)(H,28,29)(H,30,31)/t12?,18-,20+/m1/s1. The van der Waals surface area contributed by atoms with Crippen LogP contribution in [-0.4, -0.2) is 83.9 Å². The number of methoxy groups -OCH3 is 1. The van der Waals surface area contributed by atoms with Crippen molar-refractivity contribution in [2.45, 2.75) is 21.4 Å². The monoisotopic (exact) mass is 572 g/mol. The number of aromatic nitrogens is 2. The summed E-state index contributed by atoms with van der Waals surface area (Å²) in [5.74, 6) is -6.36. The van der Waals surface area contributed by atoms with Gasteiger partial charge in [0, 0.05) is 18.6 Å². The quantitative estimate of drug-likeness (QED) is 0.148. The van der Waals surface area contributed by atoms with E-state index in [0.717, 1.165) is 24.1 Å². The number of phenols is 1. The molecule has 0 bridgehead atoms. The van der Waals surface area contributed by atoms with Crippen molar-refractivity contribution in [2.24, 2.45) is 0 Å². The zero-order chi connectivity index (χ0) is 26.2. The minimum atomic E-state index is -1.98. The number of β-lactam (4-membered cyclic amide) rings is 1. The summed E-state index contributed by atoms with van der Waals surface area (Å²) < 4.78 is 6.02. The number of aromatic hydroxyl groups is 1. The maximum Gasteiger partial charge on any atom is 0.352 e. The Bertz CT molecular complexity index is 1270. The average Bonchev–Trinajstić information content (AvgIpc) is 3.36. The van der Waals surface area contributed by atoms with Crippen LogP contribution in [-0.2, 0) is 23.9 Å². The number of nitrogens with one attached hydrogen (secondary N) is 1. The van der Waals surface area contributed by atoms with Gasteiger partial charge in [-0.05, 0) is 23.3 Å². The highest BCUT2D eigenvalue weighted by Crippen LogP contribution is 2.47. The van der Waals surface area contributed by atoms with Crippen LogP contribution in [0.4, 0.5) is 0 Å². The molecule has 2 aliphatic rings. The topological polar surface area (TPSA) is 179 Å². The number of benzene rings is 1. The van der Waals surface area contributed by atoms with Crippen LogP contribution in [0.15, 0.2) is 39.3 Å². The lowest BCUT2D eigenvalue weighted by atomic mass is 9.94. The zero-order valence-corrected chi connectivity index (χ0v) is 21.4. The van der Waals surface area contributed by atoms with Gasteiger partial charge in [-0.3, -0.25) is 19.3 Å². The fourth-order valence-corrected chi connectivity index (χ4v) is 7.05. The highest BCUT2D eigenvalue weighted by atomic mass is 35.5. The van der Waals surface area contributed by atoms with Crippen LogP contribution in [0.5, 0.6) is 5.75 Å². The van der Waals surface area contributed by atoms with Crippen molar-refractivity contribution >= 4 is 70.2 Å². The number of phenolic OH excluding ortho intramolecular Hbond substituents is 1. The highest BCUT2D eigenvalue weighted by molar-refractivity contribution is 8.01. The number of hydrogen-bond acceptors (Lipinski definition) is 11. The number of carboxylic acids is 2. The van der Waals surface area contributed by atoms with E-state index in [2.05, 4.69) is 15.5 Å². The first-order valence-corrected chi connectivity index (χ1v) is 13.3. The molecule has 1 fully saturated rings. The van der Waals surface area contributed by atoms with Gasteiger partial charge in [0.25, 0.3) is 11.6 Å². The number of halogens is 1. The van der Waals surface area contributed by atoms with E-state index < -0.39 is 40.8 Å². The SMILES string of the molecule is CO[C@@]1(NC(=O)C(C(=O)O)c2ccc(O)c(Cl)c2)C(=O)N2C(C(=O)O)=C(CSc3nncs3)CS[C@@H]21. The largest absolute Gasteiger partial charge is 0.506 e. The van der Waals surface area contributed by atoms with E-state index in [1.54, 1.807) is 5.51 Å². The molecule has 4 rings (SSSR count). The van der Waals surface area contributed by atoms with Gasteiger partial charge >= 0.3 is 11.9 Å². The van der Waals surface area contributed by atoms with E-state index in [1.165, 1.54) is 40.9 Å². The van der Waals surface area contributed by atoms with E-state index in [0.29, 0.717) is 9.91 Å². The summed E-state index contributed by atoms with van der Waals surface area (Å²) in [6.45, 7) is 0. The molecule has 2 aromatic rings. The molecule has 3 atom stereocenters. The first kappa shape index (κ1) is 26.2. The molecule has 12 nitrogen and oxygen atoms in total. The average molecular weight is 573 g/mol. The maximum absolute atomic E-state index is 13.3. The Morgan fingerprint density at radius 1 is 1.39 bits per heavy atom. The van der Waals surface area contributed by atoms with Gasteiger partial charge in [-0.1, -0.05) is 40.8 Å². The molecule has 190 valence electrons. The van der Waals surface area contributed by atoms with Gasteiger partial charge in [-0.2, -0.15) is 0 Å². The van der Waals surface area contributed by atoms with Gasteiger partial charge < -0.3 is 25.4 Å². The van der Waals surface area contributed by atoms with Crippen molar-refractivity contribution < 1.29 is 39.2 Å². The summed E-state index contributed by atoms with van der Waals surface area (Å²) in [6, 6.07) is 3.49. The molecule has 16 heteroatoms. The first-order chi connectivity index (χ1) is 17.1. The Labute approximate surface area is 220 Å². The summed E-state index contributed by atoms with van der Waals surface area (Å²) in [4.78, 5) is 51.4. The molecular formula is C20H17ClN4O8S3. The second-order valence-corrected chi connectivity index (χ2v) is 11.0. The third-order valence-corrected chi connectivity index (χ3v) is 9.09. The molecule has 1 aromatic carbocycles. The number of carbonyl (C=O) groups is 4. The van der Waals surface area contributed by atoms with E-state index in [4.69, 9.17) is 16.3 Å². The van der Waals surface area contributed by atoms with Crippen molar-refractivity contribution in [3.05, 3.63) is 45.6 Å². The summed E-state index contributed by atoms with van der Waals surface area (Å²) in [6.07, 6.45) is 0. The summed E-state index contributed by atoms with van der Waals surface area (Å²) >= 11 is 9.62. The number of ether oxygens (including phenoxy) is 1. The fourth-order valence-electron chi connectivity index (χ4n) is 3.79. The number of carbonyl (C=O) groups excluding carboxylic acids is 2. The second-order valence-electron chi connectivity index (χ2n) is 7.50. The molecule has 0 saturated carbocycles. The third kappa shape index (κ3) is 4.52. The predicted molar refractivity (Wildman–Crippen MR) is 130 cm³/mol. The minimum absolute atomic E-state index is 0.0314. The zero-order valence-electron chi connectivity index (χ0n) is 18.2. The number of rotatable bonds is 9. The Hall–Kier alpha value is -2.85. The van der Waals surface area contributed by atoms with E-state index in [-0.39, 0.29) is 33.5 Å². The third-order valence-electron chi connectivity index (χ3n) is 5.47. The van der Waals surface area contributed by atoms with E-state index >= 15 is 0 Å². The summed E-state index contributed by atoms with van der Waals surface area (Å²) in [5, 5.41) is 38.1. The molecule has 4 N–H and O–H groups in total. The Morgan fingerprint density at radius 3 is 2.72 bits per heavy atom. The molecule has 0 radical (unpaired) electrons. The molecular weight excluding hydrogens is 556 g/mol. The number of carboxylic acid groups (broad SMARTS) is 2. The molecule has 3 heterocycles. The number of thioether (sulfide) groups is 2. The summed E-state index contributed by atoms with van der Waals surface area (Å²) in [5.41, 5.74) is -0.199. The molecule has 2 aliphatic heterocycles. The number of amides is 2. The highest BCUT2D eigenvalue weighted by Gasteiger charge is 2.67. The second kappa shape index (κ2) is 10.3. The van der Waals surface area contributed by atoms with Crippen molar-refractivity contribution in [3.63, 3.8) is 0 Å². The van der Waals surface area contributed by atoms with Crippen molar-refractivity contribution in [1.82, 2.24) is 20.4 Å². The van der Waals surface area contributed by atoms with Crippen LogP contribution in [0.2, 0.25) is 5.02 Å². The van der Waals surface area contributed by atoms with Gasteiger partial charge in [-0.25, -0.2) is 4.79 Å². The van der Waals surface area contributed by atoms with Crippen molar-refractivity contribution in [2.75, 3.05) is 18.6 Å². The van der Waals surface area contributed by atoms with E-state index in [9.17, 15) is 34.5 Å². The van der Waals surface area contributed by atoms with E-state index in [1.807, 2.05) is 0 Å². The normalized spacial score (nSPS) is 22.0. The molecule has 1 unspecified atom stereocenters. The lowest BCUT2D eigenvalue weighted by molar-refractivity contribution is -0.193. The molecule has 0 aliphatic carbocycles. The number of nitrogens with zero attached hydrogens (tertiary/aromatic N) is 3. The van der Waals surface area contributed by atoms with Crippen LogP contribution in [0.25, 0.3) is 0 Å². The van der Waals surface area contributed by atoms with Crippen molar-refractivity contribution in [1.29, 1.82) is 0 Å². The number of hydrogen-bond donors (Lipinski definition) is 4. The Kier molecular flexibility index (Phi) is 7.47. The summed E-state index contributed by atoms with van der Waals surface area (Å²) in [7, 11) is 1.16. The van der Waals surface area contributed by atoms with Gasteiger partial charge in [-0.15, -0.1) is 22.0 Å². The van der Waals surface area contributed by atoms with Crippen LogP contribution in [0.1, 0.15) is 11.5 Å². The fraction of sp³-hybridized carbons (Fsp3) is 0.300. The number of fused-ring (bicyclic) bond motifs is 1. The Balaban J connectivity index is 1.59. The van der Waals surface area contributed by atoms with Gasteiger partial charge in [0.1, 0.15) is 22.3 Å². The van der Waals surface area contributed by atoms with Gasteiger partial charge in [0.05, 0.1) is 5.02 Å². The minimum Gasteiger partial charge on any atom is -0.506 e. The van der Waals surface area contributed by atoms with Crippen LogP contribution < -0.4 is 5.32 Å². The molecule has 2 amide bonds. The van der Waals surface area contributed by atoms with Crippen LogP contribution in [0.3, 0.4) is 0 Å². The Morgan fingerprint density at radius 2 is 2.14 bits per heavy atom. The maximum atomic E-state index is 13.3. The molecule has 0 spiro atoms. The molecule has 36 heavy (non-hydrogen) atoms. The predicted octanol–water partition coefficient (Wildman–Crippen LogP) is 1.57. The lowest BCUT2D eigenvalue weighted by Gasteiger charge is -2.56. The van der Waals surface area contributed by atoms with Gasteiger partial charge in [0.15, 0.2) is 10.3 Å². The first-order valence-electron chi connectivity index (χ1n) is 9.98. The lowest BCUT2D eigenvalue weighted by Crippen LogP contribution is -2.81.